The number of aromatic hydroxyl groups is 1. The molecule has 2 aromatic carbocycles. The molecule has 0 aliphatic heterocycles. The minimum atomic E-state index is -0.547. The summed E-state index contributed by atoms with van der Waals surface area (Å²) < 4.78 is 7.27. The number of hydrogen-bond acceptors (Lipinski definition) is 4. The Balaban J connectivity index is 0.000000319. The Labute approximate surface area is 214 Å². The largest absolute Gasteiger partial charge is 0.508 e. The smallest absolute Gasteiger partial charge is 0.253 e. The summed E-state index contributed by atoms with van der Waals surface area (Å²) in [5.41, 5.74) is 16.3. The minimum Gasteiger partial charge on any atom is -0.508 e. The number of aromatic nitrogens is 1. The SMILES string of the molecule is C/C=C(\C)OCc1ccccc1.CC/C=c1\c(C(N)=O)c(N)n(-c2cc(O)ccc2C)c1=C(C)CC. The van der Waals surface area contributed by atoms with Crippen molar-refractivity contribution in [2.45, 2.75) is 61.0 Å². The van der Waals surface area contributed by atoms with Gasteiger partial charge in [-0.1, -0.05) is 56.3 Å². The van der Waals surface area contributed by atoms with Crippen molar-refractivity contribution in [2.75, 3.05) is 5.73 Å². The first-order valence-corrected chi connectivity index (χ1v) is 12.3. The molecule has 0 aliphatic carbocycles. The molecule has 0 bridgehead atoms. The van der Waals surface area contributed by atoms with E-state index in [0.29, 0.717) is 18.0 Å². The topological polar surface area (TPSA) is 104 Å². The Morgan fingerprint density at radius 2 is 1.78 bits per heavy atom. The highest BCUT2D eigenvalue weighted by Gasteiger charge is 2.20. The second-order valence-electron chi connectivity index (χ2n) is 8.61. The summed E-state index contributed by atoms with van der Waals surface area (Å²) in [4.78, 5) is 12.0. The average molecular weight is 490 g/mol. The molecule has 192 valence electrons. The van der Waals surface area contributed by atoms with Crippen LogP contribution in [0.1, 0.15) is 68.9 Å². The number of carbonyl (C=O) groups is 1. The fourth-order valence-corrected chi connectivity index (χ4v) is 3.80. The highest BCUT2D eigenvalue weighted by Crippen LogP contribution is 2.22. The van der Waals surface area contributed by atoms with Crippen molar-refractivity contribution in [2.24, 2.45) is 5.73 Å². The number of anilines is 1. The molecule has 0 saturated carbocycles. The van der Waals surface area contributed by atoms with E-state index in [9.17, 15) is 9.90 Å². The van der Waals surface area contributed by atoms with Crippen molar-refractivity contribution >= 4 is 23.4 Å². The first kappa shape index (κ1) is 28.3. The van der Waals surface area contributed by atoms with Gasteiger partial charge >= 0.3 is 0 Å². The number of ether oxygens (including phenoxy) is 1. The molecule has 0 saturated heterocycles. The Morgan fingerprint density at radius 3 is 2.33 bits per heavy atom. The Morgan fingerprint density at radius 1 is 1.11 bits per heavy atom. The fraction of sp³-hybridized carbons (Fsp3) is 0.300. The van der Waals surface area contributed by atoms with Crippen molar-refractivity contribution in [1.29, 1.82) is 0 Å². The number of benzene rings is 2. The summed E-state index contributed by atoms with van der Waals surface area (Å²) in [6.07, 6.45) is 5.50. The standard InChI is InChI=1S/C19H25N3O2.C11H14O/c1-5-7-14-16(19(21)24)18(20)22(17(14)11(3)6-2)15-10-13(23)9-8-12(15)4;1-3-10(2)12-9-11-7-5-4-6-8-11/h7-10,23H,5-6,20H2,1-4H3,(H2,21,24);3-8H,9H2,1-2H3/b14-7+,17-11?;10-3+. The number of carbonyl (C=O) groups excluding carboxylic acids is 1. The van der Waals surface area contributed by atoms with Crippen LogP contribution in [0.3, 0.4) is 0 Å². The number of primary amides is 1. The molecule has 36 heavy (non-hydrogen) atoms. The molecule has 3 aromatic rings. The quantitative estimate of drug-likeness (QED) is 0.403. The second-order valence-corrected chi connectivity index (χ2v) is 8.61. The van der Waals surface area contributed by atoms with Crippen LogP contribution in [-0.2, 0) is 11.3 Å². The number of hydrogen-bond donors (Lipinski definition) is 3. The van der Waals surface area contributed by atoms with Crippen LogP contribution in [0.15, 0.2) is 60.4 Å². The number of nitrogens with two attached hydrogens (primary N) is 2. The van der Waals surface area contributed by atoms with Crippen molar-refractivity contribution in [1.82, 2.24) is 4.57 Å². The summed E-state index contributed by atoms with van der Waals surface area (Å²) in [6, 6.07) is 15.3. The molecular weight excluding hydrogens is 450 g/mol. The Bertz CT molecular complexity index is 1340. The zero-order chi connectivity index (χ0) is 26.8. The van der Waals surface area contributed by atoms with E-state index < -0.39 is 5.91 Å². The third kappa shape index (κ3) is 6.81. The molecule has 0 radical (unpaired) electrons. The van der Waals surface area contributed by atoms with Gasteiger partial charge in [-0.3, -0.25) is 9.36 Å². The first-order chi connectivity index (χ1) is 17.2. The number of nitrogens with zero attached hydrogens (tertiary/aromatic N) is 1. The van der Waals surface area contributed by atoms with Gasteiger partial charge in [-0.2, -0.15) is 0 Å². The van der Waals surface area contributed by atoms with E-state index in [0.717, 1.165) is 46.0 Å². The molecule has 0 unspecified atom stereocenters. The molecular formula is C30H39N3O3. The predicted molar refractivity (Wildman–Crippen MR) is 149 cm³/mol. The lowest BCUT2D eigenvalue weighted by molar-refractivity contribution is 0.100. The highest BCUT2D eigenvalue weighted by molar-refractivity contribution is 5.98. The van der Waals surface area contributed by atoms with Crippen LogP contribution in [0.5, 0.6) is 5.75 Å². The lowest BCUT2D eigenvalue weighted by Gasteiger charge is -2.12. The van der Waals surface area contributed by atoms with Crippen LogP contribution < -0.4 is 22.0 Å². The summed E-state index contributed by atoms with van der Waals surface area (Å²) in [6.45, 7) is 12.6. The summed E-state index contributed by atoms with van der Waals surface area (Å²) >= 11 is 0. The molecule has 1 heterocycles. The van der Waals surface area contributed by atoms with Crippen LogP contribution in [0, 0.1) is 6.92 Å². The average Bonchev–Trinajstić information content (AvgIpc) is 3.16. The lowest BCUT2D eigenvalue weighted by atomic mass is 10.1. The summed E-state index contributed by atoms with van der Waals surface area (Å²) in [5.74, 6) is 0.872. The monoisotopic (exact) mass is 489 g/mol. The number of allylic oxidation sites excluding steroid dienone is 2. The molecule has 5 N–H and O–H groups in total. The Hall–Kier alpha value is -3.93. The van der Waals surface area contributed by atoms with Crippen molar-refractivity contribution in [3.63, 3.8) is 0 Å². The highest BCUT2D eigenvalue weighted by atomic mass is 16.5. The van der Waals surface area contributed by atoms with Gasteiger partial charge in [0.15, 0.2) is 0 Å². The van der Waals surface area contributed by atoms with Gasteiger partial charge in [0.2, 0.25) is 0 Å². The molecule has 1 amide bonds. The molecule has 0 spiro atoms. The lowest BCUT2D eigenvalue weighted by Crippen LogP contribution is -2.34. The van der Waals surface area contributed by atoms with Crippen LogP contribution in [0.2, 0.25) is 0 Å². The van der Waals surface area contributed by atoms with E-state index in [1.807, 2.05) is 75.6 Å². The number of nitrogen functional groups attached to an aromatic ring is 1. The summed E-state index contributed by atoms with van der Waals surface area (Å²) in [5, 5.41) is 11.5. The first-order valence-electron chi connectivity index (χ1n) is 12.3. The normalized spacial score (nSPS) is 12.6. The van der Waals surface area contributed by atoms with Crippen molar-refractivity contribution < 1.29 is 14.6 Å². The fourth-order valence-electron chi connectivity index (χ4n) is 3.80. The van der Waals surface area contributed by atoms with E-state index in [1.165, 1.54) is 5.56 Å². The van der Waals surface area contributed by atoms with Crippen molar-refractivity contribution in [3.05, 3.63) is 87.6 Å². The molecule has 6 nitrogen and oxygen atoms in total. The van der Waals surface area contributed by atoms with Gasteiger partial charge in [-0.25, -0.2) is 0 Å². The van der Waals surface area contributed by atoms with E-state index in [2.05, 4.69) is 19.1 Å². The molecule has 3 rings (SSSR count). The van der Waals surface area contributed by atoms with E-state index >= 15 is 0 Å². The van der Waals surface area contributed by atoms with E-state index in [4.69, 9.17) is 16.2 Å². The molecule has 1 aromatic heterocycles. The van der Waals surface area contributed by atoms with Crippen LogP contribution >= 0.6 is 0 Å². The summed E-state index contributed by atoms with van der Waals surface area (Å²) in [7, 11) is 0. The van der Waals surface area contributed by atoms with Gasteiger partial charge in [-0.15, -0.1) is 0 Å². The van der Waals surface area contributed by atoms with E-state index in [1.54, 1.807) is 12.1 Å². The zero-order valence-corrected chi connectivity index (χ0v) is 22.3. The van der Waals surface area contributed by atoms with Crippen molar-refractivity contribution in [3.8, 4) is 11.4 Å². The van der Waals surface area contributed by atoms with Gasteiger partial charge in [-0.05, 0) is 69.4 Å². The van der Waals surface area contributed by atoms with Gasteiger partial charge < -0.3 is 21.3 Å². The van der Waals surface area contributed by atoms with Gasteiger partial charge in [0.05, 0.1) is 22.4 Å². The number of phenolic OH excluding ortho intramolecular Hbond substituents is 1. The van der Waals surface area contributed by atoms with Crippen LogP contribution in [0.4, 0.5) is 5.82 Å². The number of rotatable bonds is 7. The van der Waals surface area contributed by atoms with Gasteiger partial charge in [0, 0.05) is 11.3 Å². The van der Waals surface area contributed by atoms with Crippen LogP contribution in [0.25, 0.3) is 17.3 Å². The minimum absolute atomic E-state index is 0.144. The van der Waals surface area contributed by atoms with E-state index in [-0.39, 0.29) is 5.75 Å². The number of aryl methyl sites for hydroxylation is 1. The Kier molecular flexibility index (Phi) is 10.4. The maximum atomic E-state index is 12.0. The van der Waals surface area contributed by atoms with Gasteiger partial charge in [0.1, 0.15) is 18.2 Å². The maximum absolute atomic E-state index is 12.0. The maximum Gasteiger partial charge on any atom is 0.253 e. The predicted octanol–water partition coefficient (Wildman–Crippen LogP) is 5.07. The second kappa shape index (κ2) is 13.2. The third-order valence-corrected chi connectivity index (χ3v) is 5.98. The van der Waals surface area contributed by atoms with Gasteiger partial charge in [0.25, 0.3) is 5.91 Å². The zero-order valence-electron chi connectivity index (χ0n) is 22.3. The number of phenols is 1. The van der Waals surface area contributed by atoms with Crippen LogP contribution in [-0.4, -0.2) is 15.6 Å². The molecule has 0 fully saturated rings. The molecule has 6 heteroatoms. The number of amides is 1. The molecule has 0 atom stereocenters. The molecule has 0 aliphatic rings. The third-order valence-electron chi connectivity index (χ3n) is 5.98.